The van der Waals surface area contributed by atoms with E-state index >= 15 is 0 Å². The summed E-state index contributed by atoms with van der Waals surface area (Å²) in [4.78, 5) is 10.7. The Kier molecular flexibility index (Phi) is 3.60. The first-order chi connectivity index (χ1) is 10.1. The van der Waals surface area contributed by atoms with E-state index in [1.807, 2.05) is 13.0 Å². The largest absolute Gasteiger partial charge is 0.375 e. The molecule has 1 saturated carbocycles. The first-order valence-corrected chi connectivity index (χ1v) is 7.21. The van der Waals surface area contributed by atoms with Gasteiger partial charge in [-0.05, 0) is 48.4 Å². The van der Waals surface area contributed by atoms with Crippen LogP contribution in [0.25, 0.3) is 0 Å². The normalized spacial score (nSPS) is 14.0. The Labute approximate surface area is 124 Å². The highest BCUT2D eigenvalue weighted by Gasteiger charge is 2.22. The minimum absolute atomic E-state index is 0.121. The summed E-state index contributed by atoms with van der Waals surface area (Å²) in [6.45, 7) is 2.52. The van der Waals surface area contributed by atoms with E-state index in [1.165, 1.54) is 18.4 Å². The Bertz CT molecular complexity index is 661. The van der Waals surface area contributed by atoms with Crippen LogP contribution >= 0.6 is 0 Å². The Morgan fingerprint density at radius 1 is 1.19 bits per heavy atom. The van der Waals surface area contributed by atoms with Crippen molar-refractivity contribution in [2.24, 2.45) is 0 Å². The smallest absolute Gasteiger partial charge is 0.292 e. The zero-order valence-corrected chi connectivity index (χ0v) is 12.0. The van der Waals surface area contributed by atoms with Crippen LogP contribution in [0.3, 0.4) is 0 Å². The number of nitro groups is 1. The molecule has 0 saturated heterocycles. The zero-order chi connectivity index (χ0) is 14.8. The maximum Gasteiger partial charge on any atom is 0.292 e. The number of anilines is 1. The van der Waals surface area contributed by atoms with Gasteiger partial charge in [0, 0.05) is 12.6 Å². The minimum atomic E-state index is -0.349. The second-order valence-corrected chi connectivity index (χ2v) is 5.65. The predicted octanol–water partition coefficient (Wildman–Crippen LogP) is 4.39. The van der Waals surface area contributed by atoms with Crippen LogP contribution < -0.4 is 5.32 Å². The number of hydrogen-bond donors (Lipinski definition) is 1. The standard InChI is InChI=1S/C17H18N2O2/c1-12-2-9-17(19(20)21)16(10-12)18-11-13-3-5-14(6-4-13)15-7-8-15/h2-6,9-10,15,18H,7-8,11H2,1H3. The zero-order valence-electron chi connectivity index (χ0n) is 12.0. The maximum atomic E-state index is 11.0. The van der Waals surface area contributed by atoms with E-state index in [0.29, 0.717) is 12.2 Å². The lowest BCUT2D eigenvalue weighted by atomic mass is 10.1. The van der Waals surface area contributed by atoms with Gasteiger partial charge in [-0.15, -0.1) is 0 Å². The van der Waals surface area contributed by atoms with Gasteiger partial charge < -0.3 is 5.32 Å². The van der Waals surface area contributed by atoms with E-state index < -0.39 is 0 Å². The molecule has 3 rings (SSSR count). The van der Waals surface area contributed by atoms with Crippen molar-refractivity contribution in [3.8, 4) is 0 Å². The van der Waals surface area contributed by atoms with Gasteiger partial charge in [-0.25, -0.2) is 0 Å². The summed E-state index contributed by atoms with van der Waals surface area (Å²) in [5.41, 5.74) is 4.24. The number of rotatable bonds is 5. The number of hydrogen-bond acceptors (Lipinski definition) is 3. The van der Waals surface area contributed by atoms with Crippen LogP contribution in [0.1, 0.15) is 35.4 Å². The Morgan fingerprint density at radius 2 is 1.90 bits per heavy atom. The molecular weight excluding hydrogens is 264 g/mol. The van der Waals surface area contributed by atoms with Crippen molar-refractivity contribution >= 4 is 11.4 Å². The molecule has 0 atom stereocenters. The molecule has 1 N–H and O–H groups in total. The van der Waals surface area contributed by atoms with Crippen LogP contribution in [-0.4, -0.2) is 4.92 Å². The summed E-state index contributed by atoms with van der Waals surface area (Å²) in [6, 6.07) is 13.7. The quantitative estimate of drug-likeness (QED) is 0.653. The van der Waals surface area contributed by atoms with Crippen LogP contribution in [0.5, 0.6) is 0 Å². The van der Waals surface area contributed by atoms with Gasteiger partial charge in [0.1, 0.15) is 5.69 Å². The third kappa shape index (κ3) is 3.21. The molecule has 0 heterocycles. The summed E-state index contributed by atoms with van der Waals surface area (Å²) >= 11 is 0. The van der Waals surface area contributed by atoms with Crippen LogP contribution in [-0.2, 0) is 6.54 Å². The molecule has 108 valence electrons. The van der Waals surface area contributed by atoms with Crippen LogP contribution in [0.4, 0.5) is 11.4 Å². The van der Waals surface area contributed by atoms with E-state index in [9.17, 15) is 10.1 Å². The lowest BCUT2D eigenvalue weighted by molar-refractivity contribution is -0.384. The van der Waals surface area contributed by atoms with Crippen LogP contribution in [0.2, 0.25) is 0 Å². The second-order valence-electron chi connectivity index (χ2n) is 5.65. The van der Waals surface area contributed by atoms with E-state index in [4.69, 9.17) is 0 Å². The fourth-order valence-electron chi connectivity index (χ4n) is 2.47. The molecule has 2 aromatic rings. The van der Waals surface area contributed by atoms with E-state index in [0.717, 1.165) is 17.0 Å². The first kappa shape index (κ1) is 13.6. The molecule has 4 heteroatoms. The molecule has 21 heavy (non-hydrogen) atoms. The SMILES string of the molecule is Cc1ccc([N+](=O)[O-])c(NCc2ccc(C3CC3)cc2)c1. The molecular formula is C17H18N2O2. The van der Waals surface area contributed by atoms with Crippen molar-refractivity contribution in [1.29, 1.82) is 0 Å². The number of nitro benzene ring substituents is 1. The molecule has 0 unspecified atom stereocenters. The molecule has 0 aliphatic heterocycles. The molecule has 1 aliphatic carbocycles. The van der Waals surface area contributed by atoms with Crippen molar-refractivity contribution < 1.29 is 4.92 Å². The highest BCUT2D eigenvalue weighted by atomic mass is 16.6. The van der Waals surface area contributed by atoms with Gasteiger partial charge in [0.05, 0.1) is 4.92 Å². The lowest BCUT2D eigenvalue weighted by Crippen LogP contribution is -2.03. The summed E-state index contributed by atoms with van der Waals surface area (Å²) < 4.78 is 0. The number of nitrogens with one attached hydrogen (secondary N) is 1. The molecule has 0 aromatic heterocycles. The third-order valence-electron chi connectivity index (χ3n) is 3.86. The van der Waals surface area contributed by atoms with Gasteiger partial charge in [-0.1, -0.05) is 30.3 Å². The number of benzene rings is 2. The molecule has 1 fully saturated rings. The molecule has 0 radical (unpaired) electrons. The van der Waals surface area contributed by atoms with Gasteiger partial charge in [-0.3, -0.25) is 10.1 Å². The highest BCUT2D eigenvalue weighted by molar-refractivity contribution is 5.62. The average molecular weight is 282 g/mol. The third-order valence-corrected chi connectivity index (χ3v) is 3.86. The molecule has 0 amide bonds. The van der Waals surface area contributed by atoms with E-state index in [2.05, 4.69) is 29.6 Å². The lowest BCUT2D eigenvalue weighted by Gasteiger charge is -2.09. The summed E-state index contributed by atoms with van der Waals surface area (Å²) in [6.07, 6.45) is 2.60. The van der Waals surface area contributed by atoms with Crippen molar-refractivity contribution in [1.82, 2.24) is 0 Å². The monoisotopic (exact) mass is 282 g/mol. The number of nitrogens with zero attached hydrogens (tertiary/aromatic N) is 1. The Morgan fingerprint density at radius 3 is 2.52 bits per heavy atom. The molecule has 0 spiro atoms. The summed E-state index contributed by atoms with van der Waals surface area (Å²) in [7, 11) is 0. The number of aryl methyl sites for hydroxylation is 1. The average Bonchev–Trinajstić information content (AvgIpc) is 3.30. The molecule has 2 aromatic carbocycles. The van der Waals surface area contributed by atoms with Gasteiger partial charge in [0.25, 0.3) is 5.69 Å². The second kappa shape index (κ2) is 5.56. The van der Waals surface area contributed by atoms with Crippen LogP contribution in [0, 0.1) is 17.0 Å². The van der Waals surface area contributed by atoms with Crippen LogP contribution in [0.15, 0.2) is 42.5 Å². The Hall–Kier alpha value is -2.36. The fraction of sp³-hybridized carbons (Fsp3) is 0.294. The van der Waals surface area contributed by atoms with Gasteiger partial charge in [-0.2, -0.15) is 0 Å². The van der Waals surface area contributed by atoms with Gasteiger partial charge in [0.15, 0.2) is 0 Å². The van der Waals surface area contributed by atoms with E-state index in [-0.39, 0.29) is 10.6 Å². The first-order valence-electron chi connectivity index (χ1n) is 7.21. The summed E-state index contributed by atoms with van der Waals surface area (Å²) in [5.74, 6) is 0.755. The minimum Gasteiger partial charge on any atom is -0.375 e. The fourth-order valence-corrected chi connectivity index (χ4v) is 2.47. The molecule has 4 nitrogen and oxygen atoms in total. The van der Waals surface area contributed by atoms with Crippen molar-refractivity contribution in [2.45, 2.75) is 32.2 Å². The van der Waals surface area contributed by atoms with Gasteiger partial charge >= 0.3 is 0 Å². The predicted molar refractivity (Wildman–Crippen MR) is 83.6 cm³/mol. The van der Waals surface area contributed by atoms with Crippen molar-refractivity contribution in [3.05, 3.63) is 69.3 Å². The van der Waals surface area contributed by atoms with Crippen molar-refractivity contribution in [2.75, 3.05) is 5.32 Å². The summed E-state index contributed by atoms with van der Waals surface area (Å²) in [5, 5.41) is 14.2. The van der Waals surface area contributed by atoms with Gasteiger partial charge in [0.2, 0.25) is 0 Å². The molecule has 1 aliphatic rings. The van der Waals surface area contributed by atoms with E-state index in [1.54, 1.807) is 12.1 Å². The Balaban J connectivity index is 1.71. The van der Waals surface area contributed by atoms with Crippen molar-refractivity contribution in [3.63, 3.8) is 0 Å². The maximum absolute atomic E-state index is 11.0. The topological polar surface area (TPSA) is 55.2 Å². The highest BCUT2D eigenvalue weighted by Crippen LogP contribution is 2.39. The molecule has 0 bridgehead atoms.